The maximum absolute atomic E-state index is 3.70. The van der Waals surface area contributed by atoms with E-state index in [0.717, 1.165) is 0 Å². The van der Waals surface area contributed by atoms with Crippen LogP contribution in [0.4, 0.5) is 0 Å². The molecule has 0 radical (unpaired) electrons. The second-order valence-corrected chi connectivity index (χ2v) is 7.11. The topological polar surface area (TPSA) is 12.0 Å². The molecule has 0 spiro atoms. The Balaban J connectivity index is 2.12. The molecule has 0 aromatic heterocycles. The van der Waals surface area contributed by atoms with Crippen LogP contribution in [-0.2, 0) is 0 Å². The Morgan fingerprint density at radius 2 is 1.47 bits per heavy atom. The van der Waals surface area contributed by atoms with Gasteiger partial charge in [0.2, 0.25) is 0 Å². The molecule has 0 amide bonds. The van der Waals surface area contributed by atoms with Crippen LogP contribution in [0.15, 0.2) is 0 Å². The zero-order chi connectivity index (χ0) is 14.0. The fraction of sp³-hybridized carbons (Fsp3) is 1.00. The third kappa shape index (κ3) is 7.34. The van der Waals surface area contributed by atoms with Crippen molar-refractivity contribution in [1.82, 2.24) is 5.32 Å². The highest BCUT2D eigenvalue weighted by Crippen LogP contribution is 2.42. The fourth-order valence-corrected chi connectivity index (χ4v) is 3.52. The van der Waals surface area contributed by atoms with Crippen molar-refractivity contribution in [3.63, 3.8) is 0 Å². The molecule has 19 heavy (non-hydrogen) atoms. The average Bonchev–Trinajstić information content (AvgIpc) is 2.85. The van der Waals surface area contributed by atoms with Crippen LogP contribution < -0.4 is 5.32 Å². The molecule has 0 saturated heterocycles. The van der Waals surface area contributed by atoms with Gasteiger partial charge in [0.25, 0.3) is 0 Å². The fourth-order valence-electron chi connectivity index (χ4n) is 3.52. The van der Waals surface area contributed by atoms with Crippen molar-refractivity contribution in [1.29, 1.82) is 0 Å². The van der Waals surface area contributed by atoms with Crippen molar-refractivity contribution in [3.8, 4) is 0 Å². The van der Waals surface area contributed by atoms with Crippen molar-refractivity contribution in [2.24, 2.45) is 5.41 Å². The highest BCUT2D eigenvalue weighted by Gasteiger charge is 2.32. The van der Waals surface area contributed by atoms with Gasteiger partial charge >= 0.3 is 0 Å². The lowest BCUT2D eigenvalue weighted by Gasteiger charge is -2.30. The van der Waals surface area contributed by atoms with Gasteiger partial charge < -0.3 is 5.32 Å². The standard InChI is InChI=1S/C18H37N/c1-4-5-6-7-8-9-10-13-18(14-11-12-15-18)16-19-17(2)3/h17,19H,4-16H2,1-3H3. The van der Waals surface area contributed by atoms with Gasteiger partial charge in [-0.05, 0) is 24.7 Å². The number of rotatable bonds is 11. The summed E-state index contributed by atoms with van der Waals surface area (Å²) in [5.41, 5.74) is 0.660. The first-order valence-electron chi connectivity index (χ1n) is 8.92. The Bertz CT molecular complexity index is 204. The molecule has 1 heteroatoms. The normalized spacial score (nSPS) is 18.3. The third-order valence-corrected chi connectivity index (χ3v) is 4.86. The summed E-state index contributed by atoms with van der Waals surface area (Å²) < 4.78 is 0. The summed E-state index contributed by atoms with van der Waals surface area (Å²) in [6.07, 6.45) is 17.5. The zero-order valence-electron chi connectivity index (χ0n) is 13.8. The van der Waals surface area contributed by atoms with E-state index in [9.17, 15) is 0 Å². The van der Waals surface area contributed by atoms with Crippen LogP contribution in [0.2, 0.25) is 0 Å². The lowest BCUT2D eigenvalue weighted by Crippen LogP contribution is -2.35. The van der Waals surface area contributed by atoms with E-state index in [0.29, 0.717) is 11.5 Å². The van der Waals surface area contributed by atoms with Crippen LogP contribution in [0, 0.1) is 5.41 Å². The lowest BCUT2D eigenvalue weighted by molar-refractivity contribution is 0.240. The highest BCUT2D eigenvalue weighted by atomic mass is 14.9. The van der Waals surface area contributed by atoms with Crippen LogP contribution in [0.25, 0.3) is 0 Å². The second-order valence-electron chi connectivity index (χ2n) is 7.11. The van der Waals surface area contributed by atoms with E-state index in [1.807, 2.05) is 0 Å². The minimum atomic E-state index is 0.645. The van der Waals surface area contributed by atoms with Gasteiger partial charge in [-0.3, -0.25) is 0 Å². The van der Waals surface area contributed by atoms with E-state index in [2.05, 4.69) is 26.1 Å². The molecule has 0 aliphatic heterocycles. The average molecular weight is 268 g/mol. The summed E-state index contributed by atoms with van der Waals surface area (Å²) in [5.74, 6) is 0. The lowest BCUT2D eigenvalue weighted by atomic mass is 9.80. The molecule has 1 fully saturated rings. The summed E-state index contributed by atoms with van der Waals surface area (Å²) in [7, 11) is 0. The second kappa shape index (κ2) is 9.80. The Morgan fingerprint density at radius 3 is 2.05 bits per heavy atom. The SMILES string of the molecule is CCCCCCCCCC1(CNC(C)C)CCCC1. The largest absolute Gasteiger partial charge is 0.314 e. The summed E-state index contributed by atoms with van der Waals surface area (Å²) >= 11 is 0. The molecule has 0 aromatic carbocycles. The van der Waals surface area contributed by atoms with E-state index >= 15 is 0 Å². The first-order valence-corrected chi connectivity index (χ1v) is 8.92. The molecule has 1 aliphatic carbocycles. The Kier molecular flexibility index (Phi) is 8.77. The molecule has 0 atom stereocenters. The van der Waals surface area contributed by atoms with E-state index in [-0.39, 0.29) is 0 Å². The Labute approximate surface area is 121 Å². The quantitative estimate of drug-likeness (QED) is 0.474. The van der Waals surface area contributed by atoms with Gasteiger partial charge in [-0.1, -0.05) is 78.6 Å². The maximum Gasteiger partial charge on any atom is 0.00106 e. The van der Waals surface area contributed by atoms with Crippen LogP contribution in [0.5, 0.6) is 0 Å². The van der Waals surface area contributed by atoms with Gasteiger partial charge in [-0.15, -0.1) is 0 Å². The van der Waals surface area contributed by atoms with Gasteiger partial charge in [0, 0.05) is 12.6 Å². The molecular formula is C18H37N. The highest BCUT2D eigenvalue weighted by molar-refractivity contribution is 4.87. The van der Waals surface area contributed by atoms with Crippen LogP contribution in [-0.4, -0.2) is 12.6 Å². The summed E-state index contributed by atoms with van der Waals surface area (Å²) in [5, 5.41) is 3.70. The molecule has 0 aromatic rings. The summed E-state index contributed by atoms with van der Waals surface area (Å²) in [6.45, 7) is 8.11. The van der Waals surface area contributed by atoms with E-state index < -0.39 is 0 Å². The number of unbranched alkanes of at least 4 members (excludes halogenated alkanes) is 6. The number of hydrogen-bond donors (Lipinski definition) is 1. The molecule has 0 bridgehead atoms. The van der Waals surface area contributed by atoms with Crippen molar-refractivity contribution in [2.45, 2.75) is 104 Å². The molecule has 0 unspecified atom stereocenters. The Hall–Kier alpha value is -0.0400. The van der Waals surface area contributed by atoms with Gasteiger partial charge in [-0.25, -0.2) is 0 Å². The molecule has 0 heterocycles. The minimum Gasteiger partial charge on any atom is -0.314 e. The van der Waals surface area contributed by atoms with Gasteiger partial charge in [0.1, 0.15) is 0 Å². The van der Waals surface area contributed by atoms with Crippen molar-refractivity contribution >= 4 is 0 Å². The van der Waals surface area contributed by atoms with E-state index in [1.54, 1.807) is 0 Å². The third-order valence-electron chi connectivity index (χ3n) is 4.86. The minimum absolute atomic E-state index is 0.645. The predicted octanol–water partition coefficient (Wildman–Crippen LogP) is 5.69. The van der Waals surface area contributed by atoms with E-state index in [1.165, 1.54) is 83.6 Å². The smallest absolute Gasteiger partial charge is 0.00106 e. The first-order chi connectivity index (χ1) is 9.18. The van der Waals surface area contributed by atoms with Crippen LogP contribution in [0.3, 0.4) is 0 Å². The molecule has 1 N–H and O–H groups in total. The molecule has 1 rings (SSSR count). The van der Waals surface area contributed by atoms with Gasteiger partial charge in [-0.2, -0.15) is 0 Å². The van der Waals surface area contributed by atoms with Crippen molar-refractivity contribution in [3.05, 3.63) is 0 Å². The molecular weight excluding hydrogens is 230 g/mol. The van der Waals surface area contributed by atoms with Crippen molar-refractivity contribution in [2.75, 3.05) is 6.54 Å². The molecule has 1 aliphatic rings. The molecule has 1 nitrogen and oxygen atoms in total. The predicted molar refractivity (Wildman–Crippen MR) is 86.6 cm³/mol. The number of hydrogen-bond acceptors (Lipinski definition) is 1. The monoisotopic (exact) mass is 267 g/mol. The number of nitrogens with one attached hydrogen (secondary N) is 1. The van der Waals surface area contributed by atoms with Gasteiger partial charge in [0.05, 0.1) is 0 Å². The maximum atomic E-state index is 3.70. The molecule has 114 valence electrons. The summed E-state index contributed by atoms with van der Waals surface area (Å²) in [6, 6.07) is 0.645. The summed E-state index contributed by atoms with van der Waals surface area (Å²) in [4.78, 5) is 0. The molecule has 1 saturated carbocycles. The first kappa shape index (κ1) is 17.0. The Morgan fingerprint density at radius 1 is 0.895 bits per heavy atom. The van der Waals surface area contributed by atoms with Crippen LogP contribution in [0.1, 0.15) is 97.8 Å². The zero-order valence-corrected chi connectivity index (χ0v) is 13.8. The van der Waals surface area contributed by atoms with Crippen molar-refractivity contribution < 1.29 is 0 Å². The van der Waals surface area contributed by atoms with Crippen LogP contribution >= 0.6 is 0 Å². The van der Waals surface area contributed by atoms with Gasteiger partial charge in [0.15, 0.2) is 0 Å². The van der Waals surface area contributed by atoms with E-state index in [4.69, 9.17) is 0 Å².